The predicted octanol–water partition coefficient (Wildman–Crippen LogP) is 2.96. The van der Waals surface area contributed by atoms with Gasteiger partial charge in [-0.05, 0) is 63.5 Å². The number of nitrogens with zero attached hydrogens (tertiary/aromatic N) is 2. The fourth-order valence-corrected chi connectivity index (χ4v) is 3.46. The van der Waals surface area contributed by atoms with Crippen molar-refractivity contribution in [3.8, 4) is 0 Å². The lowest BCUT2D eigenvalue weighted by molar-refractivity contribution is 0.168. The number of carbonyl (C=O) groups is 2. The minimum absolute atomic E-state index is 0.0622. The summed E-state index contributed by atoms with van der Waals surface area (Å²) < 4.78 is 4.83. The molecule has 3 rings (SSSR count). The second-order valence-corrected chi connectivity index (χ2v) is 6.48. The number of amides is 3. The maximum Gasteiger partial charge on any atom is 0.411 e. The van der Waals surface area contributed by atoms with Crippen LogP contribution in [-0.2, 0) is 4.74 Å². The van der Waals surface area contributed by atoms with Crippen LogP contribution in [0.5, 0.6) is 0 Å². The second kappa shape index (κ2) is 8.20. The van der Waals surface area contributed by atoms with Crippen LogP contribution in [-0.4, -0.2) is 60.8 Å². The van der Waals surface area contributed by atoms with Crippen molar-refractivity contribution in [2.75, 3.05) is 43.4 Å². The molecule has 3 amide bonds. The molecule has 25 heavy (non-hydrogen) atoms. The molecule has 2 N–H and O–H groups in total. The van der Waals surface area contributed by atoms with Crippen molar-refractivity contribution in [2.24, 2.45) is 0 Å². The Morgan fingerprint density at radius 2 is 1.72 bits per heavy atom. The highest BCUT2D eigenvalue weighted by Crippen LogP contribution is 2.21. The van der Waals surface area contributed by atoms with Crippen molar-refractivity contribution in [2.45, 2.75) is 32.2 Å². The third-order valence-electron chi connectivity index (χ3n) is 4.77. The zero-order valence-corrected chi connectivity index (χ0v) is 14.7. The van der Waals surface area contributed by atoms with Gasteiger partial charge in [0.2, 0.25) is 0 Å². The number of nitrogens with one attached hydrogen (secondary N) is 2. The summed E-state index contributed by atoms with van der Waals surface area (Å²) in [7, 11) is 0. The van der Waals surface area contributed by atoms with Crippen LogP contribution in [0.1, 0.15) is 26.2 Å². The van der Waals surface area contributed by atoms with E-state index in [1.807, 2.05) is 4.90 Å². The van der Waals surface area contributed by atoms with Crippen LogP contribution in [0.15, 0.2) is 24.3 Å². The Morgan fingerprint density at radius 3 is 2.36 bits per heavy atom. The SMILES string of the molecule is CCOC(=O)Nc1ccc(NC(=O)N2CCC(N3CCCC3)C2)cc1. The van der Waals surface area contributed by atoms with Gasteiger partial charge in [-0.15, -0.1) is 0 Å². The highest BCUT2D eigenvalue weighted by atomic mass is 16.5. The molecule has 2 aliphatic rings. The number of anilines is 2. The van der Waals surface area contributed by atoms with E-state index >= 15 is 0 Å². The predicted molar refractivity (Wildman–Crippen MR) is 96.9 cm³/mol. The van der Waals surface area contributed by atoms with Crippen LogP contribution in [0.25, 0.3) is 0 Å². The molecule has 2 aliphatic heterocycles. The number of ether oxygens (including phenoxy) is 1. The number of benzene rings is 1. The standard InChI is InChI=1S/C18H26N4O3/c1-2-25-18(24)20-15-7-5-14(6-8-15)19-17(23)22-12-9-16(13-22)21-10-3-4-11-21/h5-8,16H,2-4,9-13H2,1H3,(H,19,23)(H,20,24). The van der Waals surface area contributed by atoms with E-state index < -0.39 is 6.09 Å². The molecule has 0 spiro atoms. The highest BCUT2D eigenvalue weighted by Gasteiger charge is 2.31. The maximum absolute atomic E-state index is 12.4. The zero-order valence-electron chi connectivity index (χ0n) is 14.7. The number of hydrogen-bond acceptors (Lipinski definition) is 4. The van der Waals surface area contributed by atoms with Crippen LogP contribution < -0.4 is 10.6 Å². The summed E-state index contributed by atoms with van der Waals surface area (Å²) >= 11 is 0. The molecular formula is C18H26N4O3. The molecule has 0 bridgehead atoms. The van der Waals surface area contributed by atoms with Gasteiger partial charge in [-0.25, -0.2) is 9.59 Å². The van der Waals surface area contributed by atoms with Gasteiger partial charge in [0.15, 0.2) is 0 Å². The molecule has 1 atom stereocenters. The van der Waals surface area contributed by atoms with Gasteiger partial charge < -0.3 is 15.0 Å². The van der Waals surface area contributed by atoms with Crippen LogP contribution in [0.2, 0.25) is 0 Å². The molecule has 136 valence electrons. The molecule has 0 saturated carbocycles. The molecule has 2 fully saturated rings. The van der Waals surface area contributed by atoms with Gasteiger partial charge >= 0.3 is 12.1 Å². The first-order valence-electron chi connectivity index (χ1n) is 8.99. The summed E-state index contributed by atoms with van der Waals surface area (Å²) in [5.74, 6) is 0. The summed E-state index contributed by atoms with van der Waals surface area (Å²) in [6.07, 6.45) is 3.11. The molecule has 7 heteroatoms. The van der Waals surface area contributed by atoms with Gasteiger partial charge in [-0.3, -0.25) is 10.2 Å². The lowest BCUT2D eigenvalue weighted by Crippen LogP contribution is -2.38. The van der Waals surface area contributed by atoms with E-state index in [1.165, 1.54) is 12.8 Å². The van der Waals surface area contributed by atoms with E-state index in [1.54, 1.807) is 31.2 Å². The number of likely N-dealkylation sites (tertiary alicyclic amines) is 2. The third-order valence-corrected chi connectivity index (χ3v) is 4.77. The van der Waals surface area contributed by atoms with Crippen molar-refractivity contribution in [1.82, 2.24) is 9.80 Å². The van der Waals surface area contributed by atoms with Crippen molar-refractivity contribution in [3.63, 3.8) is 0 Å². The smallest absolute Gasteiger partial charge is 0.411 e. The Morgan fingerprint density at radius 1 is 1.08 bits per heavy atom. The quantitative estimate of drug-likeness (QED) is 0.879. The number of carbonyl (C=O) groups excluding carboxylic acids is 2. The Balaban J connectivity index is 1.48. The van der Waals surface area contributed by atoms with Crippen molar-refractivity contribution in [1.29, 1.82) is 0 Å². The topological polar surface area (TPSA) is 73.9 Å². The van der Waals surface area contributed by atoms with E-state index in [4.69, 9.17) is 4.74 Å². The molecule has 1 aromatic rings. The van der Waals surface area contributed by atoms with E-state index in [9.17, 15) is 9.59 Å². The summed E-state index contributed by atoms with van der Waals surface area (Å²) in [6.45, 7) is 6.01. The van der Waals surface area contributed by atoms with Crippen LogP contribution in [0.4, 0.5) is 21.0 Å². The largest absolute Gasteiger partial charge is 0.450 e. The Labute approximate surface area is 148 Å². The minimum atomic E-state index is -0.482. The first-order chi connectivity index (χ1) is 12.2. The van der Waals surface area contributed by atoms with Crippen molar-refractivity contribution in [3.05, 3.63) is 24.3 Å². The second-order valence-electron chi connectivity index (χ2n) is 6.48. The fraction of sp³-hybridized carbons (Fsp3) is 0.556. The van der Waals surface area contributed by atoms with E-state index in [0.29, 0.717) is 24.0 Å². The Hall–Kier alpha value is -2.28. The first-order valence-corrected chi connectivity index (χ1v) is 8.99. The molecule has 1 aromatic carbocycles. The monoisotopic (exact) mass is 346 g/mol. The van der Waals surface area contributed by atoms with Gasteiger partial charge in [0, 0.05) is 30.5 Å². The first kappa shape index (κ1) is 17.5. The average Bonchev–Trinajstić information content (AvgIpc) is 3.28. The molecule has 2 saturated heterocycles. The Kier molecular flexibility index (Phi) is 5.75. The average molecular weight is 346 g/mol. The molecule has 2 heterocycles. The highest BCUT2D eigenvalue weighted by molar-refractivity contribution is 5.90. The normalized spacial score (nSPS) is 20.5. The van der Waals surface area contributed by atoms with Gasteiger partial charge in [0.1, 0.15) is 0 Å². The fourth-order valence-electron chi connectivity index (χ4n) is 3.46. The van der Waals surface area contributed by atoms with Gasteiger partial charge in [0.25, 0.3) is 0 Å². The summed E-state index contributed by atoms with van der Waals surface area (Å²) in [5, 5.41) is 5.55. The van der Waals surface area contributed by atoms with Crippen LogP contribution in [0.3, 0.4) is 0 Å². The van der Waals surface area contributed by atoms with Crippen molar-refractivity contribution >= 4 is 23.5 Å². The summed E-state index contributed by atoms with van der Waals surface area (Å²) in [4.78, 5) is 28.2. The molecule has 0 aliphatic carbocycles. The lowest BCUT2D eigenvalue weighted by atomic mass is 10.2. The van der Waals surface area contributed by atoms with Crippen LogP contribution >= 0.6 is 0 Å². The van der Waals surface area contributed by atoms with E-state index in [0.717, 1.165) is 32.6 Å². The minimum Gasteiger partial charge on any atom is -0.450 e. The summed E-state index contributed by atoms with van der Waals surface area (Å²) in [6, 6.07) is 7.46. The molecule has 0 radical (unpaired) electrons. The van der Waals surface area contributed by atoms with E-state index in [2.05, 4.69) is 15.5 Å². The number of urea groups is 1. The number of rotatable bonds is 4. The Bertz CT molecular complexity index is 599. The number of hydrogen-bond donors (Lipinski definition) is 2. The molecular weight excluding hydrogens is 320 g/mol. The molecule has 1 unspecified atom stereocenters. The maximum atomic E-state index is 12.4. The molecule has 7 nitrogen and oxygen atoms in total. The van der Waals surface area contributed by atoms with Gasteiger partial charge in [-0.2, -0.15) is 0 Å². The third kappa shape index (κ3) is 4.63. The van der Waals surface area contributed by atoms with E-state index in [-0.39, 0.29) is 6.03 Å². The van der Waals surface area contributed by atoms with Crippen LogP contribution in [0, 0.1) is 0 Å². The zero-order chi connectivity index (χ0) is 17.6. The van der Waals surface area contributed by atoms with Gasteiger partial charge in [-0.1, -0.05) is 0 Å². The molecule has 0 aromatic heterocycles. The lowest BCUT2D eigenvalue weighted by Gasteiger charge is -2.23. The van der Waals surface area contributed by atoms with Gasteiger partial charge in [0.05, 0.1) is 6.61 Å². The van der Waals surface area contributed by atoms with Crippen molar-refractivity contribution < 1.29 is 14.3 Å². The summed E-state index contributed by atoms with van der Waals surface area (Å²) in [5.41, 5.74) is 1.34.